The van der Waals surface area contributed by atoms with E-state index in [0.29, 0.717) is 18.7 Å². The van der Waals surface area contributed by atoms with E-state index < -0.39 is 6.36 Å². The maximum Gasteiger partial charge on any atom is 0.573 e. The predicted octanol–water partition coefficient (Wildman–Crippen LogP) is 4.76. The van der Waals surface area contributed by atoms with Crippen molar-refractivity contribution in [1.82, 2.24) is 0 Å². The Hall–Kier alpha value is -1.72. The minimum Gasteiger partial charge on any atom is -0.406 e. The molecule has 0 saturated heterocycles. The Balaban J connectivity index is 2.85. The van der Waals surface area contributed by atoms with E-state index in [4.69, 9.17) is 0 Å². The molecule has 0 saturated carbocycles. The smallest absolute Gasteiger partial charge is 0.406 e. The number of benzene rings is 1. The van der Waals surface area contributed by atoms with Gasteiger partial charge in [0, 0.05) is 18.7 Å². The number of carbonyl (C=O) groups is 1. The van der Waals surface area contributed by atoms with E-state index in [9.17, 15) is 18.0 Å². The van der Waals surface area contributed by atoms with Gasteiger partial charge >= 0.3 is 6.36 Å². The number of hydrogen-bond acceptors (Lipinski definition) is 2. The summed E-state index contributed by atoms with van der Waals surface area (Å²) < 4.78 is 40.3. The molecule has 124 valence electrons. The van der Waals surface area contributed by atoms with Crippen LogP contribution in [0.25, 0.3) is 0 Å². The van der Waals surface area contributed by atoms with E-state index in [1.54, 1.807) is 4.90 Å². The average Bonchev–Trinajstić information content (AvgIpc) is 2.44. The summed E-state index contributed by atoms with van der Waals surface area (Å²) in [5, 5.41) is 0. The van der Waals surface area contributed by atoms with Crippen LogP contribution >= 0.6 is 0 Å². The van der Waals surface area contributed by atoms with Gasteiger partial charge in [-0.2, -0.15) is 0 Å². The van der Waals surface area contributed by atoms with Crippen LogP contribution in [0, 0.1) is 5.92 Å². The molecule has 0 fully saturated rings. The summed E-state index contributed by atoms with van der Waals surface area (Å²) in [6.45, 7) is 6.51. The molecule has 0 radical (unpaired) electrons. The Morgan fingerprint density at radius 3 is 2.27 bits per heavy atom. The van der Waals surface area contributed by atoms with Crippen molar-refractivity contribution >= 4 is 11.6 Å². The SMILES string of the molecule is CCCN(C(=O)CC(C)CC)c1ccc(OC(F)(F)F)cc1. The second kappa shape index (κ2) is 8.06. The normalized spacial score (nSPS) is 12.8. The highest BCUT2D eigenvalue weighted by Crippen LogP contribution is 2.26. The summed E-state index contributed by atoms with van der Waals surface area (Å²) >= 11 is 0. The first-order chi connectivity index (χ1) is 10.3. The molecule has 1 rings (SSSR count). The van der Waals surface area contributed by atoms with Gasteiger partial charge in [0.15, 0.2) is 0 Å². The van der Waals surface area contributed by atoms with Crippen molar-refractivity contribution in [3.8, 4) is 5.75 Å². The van der Waals surface area contributed by atoms with Crippen LogP contribution in [0.5, 0.6) is 5.75 Å². The molecule has 0 spiro atoms. The first-order valence-electron chi connectivity index (χ1n) is 7.43. The molecular formula is C16H22F3NO2. The maximum atomic E-state index is 12.3. The number of halogens is 3. The van der Waals surface area contributed by atoms with Gasteiger partial charge in [-0.25, -0.2) is 0 Å². The van der Waals surface area contributed by atoms with Crippen molar-refractivity contribution in [1.29, 1.82) is 0 Å². The number of ether oxygens (including phenoxy) is 1. The summed E-state index contributed by atoms with van der Waals surface area (Å²) in [4.78, 5) is 13.9. The summed E-state index contributed by atoms with van der Waals surface area (Å²) in [6.07, 6.45) is -2.61. The first kappa shape index (κ1) is 18.3. The topological polar surface area (TPSA) is 29.5 Å². The summed E-state index contributed by atoms with van der Waals surface area (Å²) in [6, 6.07) is 5.40. The molecule has 22 heavy (non-hydrogen) atoms. The second-order valence-corrected chi connectivity index (χ2v) is 5.30. The zero-order valence-electron chi connectivity index (χ0n) is 13.1. The van der Waals surface area contributed by atoms with Gasteiger partial charge in [0.1, 0.15) is 5.75 Å². The van der Waals surface area contributed by atoms with Crippen LogP contribution in [-0.2, 0) is 4.79 Å². The van der Waals surface area contributed by atoms with Crippen molar-refractivity contribution in [3.63, 3.8) is 0 Å². The number of amides is 1. The highest BCUT2D eigenvalue weighted by atomic mass is 19.4. The minimum absolute atomic E-state index is 0.0133. The minimum atomic E-state index is -4.71. The lowest BCUT2D eigenvalue weighted by molar-refractivity contribution is -0.274. The fourth-order valence-corrected chi connectivity index (χ4v) is 2.00. The third kappa shape index (κ3) is 5.95. The van der Waals surface area contributed by atoms with Crippen molar-refractivity contribution in [2.45, 2.75) is 46.4 Å². The average molecular weight is 317 g/mol. The van der Waals surface area contributed by atoms with E-state index in [0.717, 1.165) is 12.8 Å². The lowest BCUT2D eigenvalue weighted by atomic mass is 10.0. The van der Waals surface area contributed by atoms with E-state index in [1.165, 1.54) is 24.3 Å². The molecular weight excluding hydrogens is 295 g/mol. The molecule has 1 amide bonds. The lowest BCUT2D eigenvalue weighted by Crippen LogP contribution is -2.32. The van der Waals surface area contributed by atoms with Crippen LogP contribution in [0.15, 0.2) is 24.3 Å². The standard InChI is InChI=1S/C16H22F3NO2/c1-4-10-20(15(21)11-12(3)5-2)13-6-8-14(9-7-13)22-16(17,18)19/h6-9,12H,4-5,10-11H2,1-3H3. The number of anilines is 1. The molecule has 1 unspecified atom stereocenters. The summed E-state index contributed by atoms with van der Waals surface area (Å²) in [5.74, 6) is -0.0255. The third-order valence-corrected chi connectivity index (χ3v) is 3.35. The number of carbonyl (C=O) groups excluding carboxylic acids is 1. The van der Waals surface area contributed by atoms with Crippen LogP contribution in [0.1, 0.15) is 40.0 Å². The Labute approximate surface area is 129 Å². The van der Waals surface area contributed by atoms with Gasteiger partial charge < -0.3 is 9.64 Å². The highest BCUT2D eigenvalue weighted by Gasteiger charge is 2.31. The van der Waals surface area contributed by atoms with Crippen LogP contribution < -0.4 is 9.64 Å². The van der Waals surface area contributed by atoms with Crippen molar-refractivity contribution < 1.29 is 22.7 Å². The summed E-state index contributed by atoms with van der Waals surface area (Å²) in [7, 11) is 0. The Morgan fingerprint density at radius 1 is 1.23 bits per heavy atom. The lowest BCUT2D eigenvalue weighted by Gasteiger charge is -2.24. The van der Waals surface area contributed by atoms with E-state index in [2.05, 4.69) is 4.74 Å². The van der Waals surface area contributed by atoms with Crippen LogP contribution in [0.2, 0.25) is 0 Å². The molecule has 0 aliphatic carbocycles. The Kier molecular flexibility index (Phi) is 6.71. The predicted molar refractivity (Wildman–Crippen MR) is 79.8 cm³/mol. The number of alkyl halides is 3. The van der Waals surface area contributed by atoms with Crippen LogP contribution in [0.4, 0.5) is 18.9 Å². The highest BCUT2D eigenvalue weighted by molar-refractivity contribution is 5.93. The van der Waals surface area contributed by atoms with Crippen molar-refractivity contribution in [2.24, 2.45) is 5.92 Å². The zero-order valence-corrected chi connectivity index (χ0v) is 13.1. The Bertz CT molecular complexity index is 471. The zero-order chi connectivity index (χ0) is 16.8. The largest absolute Gasteiger partial charge is 0.573 e. The van der Waals surface area contributed by atoms with Crippen LogP contribution in [-0.4, -0.2) is 18.8 Å². The molecule has 0 aliphatic heterocycles. The van der Waals surface area contributed by atoms with Gasteiger partial charge in [-0.3, -0.25) is 4.79 Å². The Morgan fingerprint density at radius 2 is 1.82 bits per heavy atom. The molecule has 0 heterocycles. The molecule has 1 aromatic carbocycles. The van der Waals surface area contributed by atoms with Crippen molar-refractivity contribution in [3.05, 3.63) is 24.3 Å². The molecule has 0 bridgehead atoms. The first-order valence-corrected chi connectivity index (χ1v) is 7.43. The van der Waals surface area contributed by atoms with Gasteiger partial charge in [0.05, 0.1) is 0 Å². The molecule has 3 nitrogen and oxygen atoms in total. The van der Waals surface area contributed by atoms with Gasteiger partial charge in [0.2, 0.25) is 5.91 Å². The van der Waals surface area contributed by atoms with Gasteiger partial charge in [-0.15, -0.1) is 13.2 Å². The van der Waals surface area contributed by atoms with E-state index >= 15 is 0 Å². The molecule has 1 aromatic rings. The molecule has 0 N–H and O–H groups in total. The quantitative estimate of drug-likeness (QED) is 0.725. The molecule has 0 aliphatic rings. The number of nitrogens with zero attached hydrogens (tertiary/aromatic N) is 1. The summed E-state index contributed by atoms with van der Waals surface area (Å²) in [5.41, 5.74) is 0.588. The molecule has 6 heteroatoms. The van der Waals surface area contributed by atoms with Crippen LogP contribution in [0.3, 0.4) is 0 Å². The fourth-order valence-electron chi connectivity index (χ4n) is 2.00. The second-order valence-electron chi connectivity index (χ2n) is 5.30. The van der Waals surface area contributed by atoms with Crippen molar-refractivity contribution in [2.75, 3.05) is 11.4 Å². The van der Waals surface area contributed by atoms with Gasteiger partial charge in [0.25, 0.3) is 0 Å². The van der Waals surface area contributed by atoms with Gasteiger partial charge in [-0.1, -0.05) is 27.2 Å². The fraction of sp³-hybridized carbons (Fsp3) is 0.562. The molecule has 1 atom stereocenters. The maximum absolute atomic E-state index is 12.3. The van der Waals surface area contributed by atoms with E-state index in [-0.39, 0.29) is 17.6 Å². The monoisotopic (exact) mass is 317 g/mol. The van der Waals surface area contributed by atoms with E-state index in [1.807, 2.05) is 20.8 Å². The molecule has 0 aromatic heterocycles. The third-order valence-electron chi connectivity index (χ3n) is 3.35. The van der Waals surface area contributed by atoms with Gasteiger partial charge in [-0.05, 0) is 36.6 Å². The number of hydrogen-bond donors (Lipinski definition) is 0. The number of rotatable bonds is 7.